The van der Waals surface area contributed by atoms with Crippen molar-refractivity contribution in [3.63, 3.8) is 0 Å². The predicted molar refractivity (Wildman–Crippen MR) is 74.2 cm³/mol. The van der Waals surface area contributed by atoms with E-state index >= 15 is 0 Å². The Morgan fingerprint density at radius 3 is 2.79 bits per heavy atom. The van der Waals surface area contributed by atoms with E-state index in [0.717, 1.165) is 12.8 Å². The van der Waals surface area contributed by atoms with Gasteiger partial charge in [0.25, 0.3) is 5.69 Å². The molecule has 6 nitrogen and oxygen atoms in total. The van der Waals surface area contributed by atoms with Gasteiger partial charge in [0.15, 0.2) is 0 Å². The first-order chi connectivity index (χ1) is 8.85. The number of aryl methyl sites for hydroxylation is 1. The summed E-state index contributed by atoms with van der Waals surface area (Å²) < 4.78 is 0. The summed E-state index contributed by atoms with van der Waals surface area (Å²) >= 11 is 0. The van der Waals surface area contributed by atoms with Crippen LogP contribution < -0.4 is 5.32 Å². The van der Waals surface area contributed by atoms with Crippen LogP contribution in [0.15, 0.2) is 12.3 Å². The number of pyridine rings is 1. The van der Waals surface area contributed by atoms with Crippen molar-refractivity contribution in [1.82, 2.24) is 4.98 Å². The van der Waals surface area contributed by atoms with Crippen LogP contribution in [-0.4, -0.2) is 28.2 Å². The van der Waals surface area contributed by atoms with Gasteiger partial charge >= 0.3 is 0 Å². The Kier molecular flexibility index (Phi) is 5.23. The maximum atomic E-state index is 10.8. The number of rotatable bonds is 7. The van der Waals surface area contributed by atoms with Gasteiger partial charge in [-0.25, -0.2) is 4.98 Å². The van der Waals surface area contributed by atoms with Crippen LogP contribution in [0.2, 0.25) is 0 Å². The van der Waals surface area contributed by atoms with Gasteiger partial charge in [0.05, 0.1) is 11.0 Å². The molecule has 0 saturated carbocycles. The molecule has 0 unspecified atom stereocenters. The maximum absolute atomic E-state index is 10.8. The standard InChI is InChI=1S/C13H21N3O3/c1-10-8-14-12(7-11(10)16(18)19)15-9-13(2,3)5-4-6-17/h7-8,17H,4-6,9H2,1-3H3,(H,14,15). The molecule has 1 aromatic rings. The number of aromatic nitrogens is 1. The summed E-state index contributed by atoms with van der Waals surface area (Å²) in [4.78, 5) is 14.6. The Balaban J connectivity index is 2.68. The van der Waals surface area contributed by atoms with E-state index < -0.39 is 4.92 Å². The van der Waals surface area contributed by atoms with Gasteiger partial charge in [0.2, 0.25) is 0 Å². The molecule has 2 N–H and O–H groups in total. The van der Waals surface area contributed by atoms with E-state index in [1.165, 1.54) is 12.3 Å². The quantitative estimate of drug-likeness (QED) is 0.585. The summed E-state index contributed by atoms with van der Waals surface area (Å²) in [5.41, 5.74) is 0.630. The first kappa shape index (κ1) is 15.4. The highest BCUT2D eigenvalue weighted by atomic mass is 16.6. The van der Waals surface area contributed by atoms with Gasteiger partial charge in [0, 0.05) is 24.9 Å². The fraction of sp³-hybridized carbons (Fsp3) is 0.615. The first-order valence-corrected chi connectivity index (χ1v) is 6.31. The Bertz CT molecular complexity index is 447. The number of nitrogens with one attached hydrogen (secondary N) is 1. The van der Waals surface area contributed by atoms with Gasteiger partial charge in [-0.05, 0) is 25.2 Å². The fourth-order valence-corrected chi connectivity index (χ4v) is 1.78. The van der Waals surface area contributed by atoms with E-state index in [4.69, 9.17) is 5.11 Å². The molecule has 0 fully saturated rings. The third-order valence-corrected chi connectivity index (χ3v) is 3.03. The van der Waals surface area contributed by atoms with E-state index in [1.54, 1.807) is 6.92 Å². The predicted octanol–water partition coefficient (Wildman–Crippen LogP) is 2.51. The van der Waals surface area contributed by atoms with E-state index in [2.05, 4.69) is 24.1 Å². The summed E-state index contributed by atoms with van der Waals surface area (Å²) in [6, 6.07) is 1.46. The number of aliphatic hydroxyl groups excluding tert-OH is 1. The summed E-state index contributed by atoms with van der Waals surface area (Å²) in [5, 5.41) is 22.8. The van der Waals surface area contributed by atoms with Crippen molar-refractivity contribution in [2.75, 3.05) is 18.5 Å². The number of nitrogens with zero attached hydrogens (tertiary/aromatic N) is 2. The van der Waals surface area contributed by atoms with Crippen molar-refractivity contribution in [2.45, 2.75) is 33.6 Å². The zero-order chi connectivity index (χ0) is 14.5. The highest BCUT2D eigenvalue weighted by Crippen LogP contribution is 2.24. The van der Waals surface area contributed by atoms with Crippen LogP contribution in [0.1, 0.15) is 32.3 Å². The second-order valence-electron chi connectivity index (χ2n) is 5.46. The molecule has 0 aliphatic heterocycles. The number of aliphatic hydroxyl groups is 1. The van der Waals surface area contributed by atoms with Crippen molar-refractivity contribution in [3.05, 3.63) is 27.9 Å². The molecule has 0 atom stereocenters. The SMILES string of the molecule is Cc1cnc(NCC(C)(C)CCCO)cc1[N+](=O)[O-]. The molecule has 1 heterocycles. The van der Waals surface area contributed by atoms with E-state index in [0.29, 0.717) is 17.9 Å². The van der Waals surface area contributed by atoms with Crippen LogP contribution in [-0.2, 0) is 0 Å². The summed E-state index contributed by atoms with van der Waals surface area (Å²) in [6.07, 6.45) is 3.13. The molecule has 0 amide bonds. The van der Waals surface area contributed by atoms with Gasteiger partial charge in [-0.3, -0.25) is 10.1 Å². The highest BCUT2D eigenvalue weighted by molar-refractivity contribution is 5.48. The fourth-order valence-electron chi connectivity index (χ4n) is 1.78. The van der Waals surface area contributed by atoms with Crippen LogP contribution in [0.3, 0.4) is 0 Å². The van der Waals surface area contributed by atoms with E-state index in [9.17, 15) is 10.1 Å². The summed E-state index contributed by atoms with van der Waals surface area (Å²) in [7, 11) is 0. The summed E-state index contributed by atoms with van der Waals surface area (Å²) in [6.45, 7) is 6.66. The molecule has 0 radical (unpaired) electrons. The largest absolute Gasteiger partial charge is 0.396 e. The van der Waals surface area contributed by atoms with Gasteiger partial charge in [-0.1, -0.05) is 13.8 Å². The molecule has 0 aliphatic carbocycles. The number of hydrogen-bond acceptors (Lipinski definition) is 5. The molecule has 0 saturated heterocycles. The normalized spacial score (nSPS) is 11.4. The molecule has 106 valence electrons. The van der Waals surface area contributed by atoms with Crippen molar-refractivity contribution in [1.29, 1.82) is 0 Å². The van der Waals surface area contributed by atoms with Gasteiger partial charge < -0.3 is 10.4 Å². The smallest absolute Gasteiger partial charge is 0.277 e. The van der Waals surface area contributed by atoms with Crippen molar-refractivity contribution in [2.24, 2.45) is 5.41 Å². The summed E-state index contributed by atoms with van der Waals surface area (Å²) in [5.74, 6) is 0.509. The molecule has 0 aliphatic rings. The van der Waals surface area contributed by atoms with Gasteiger partial charge in [0.1, 0.15) is 5.82 Å². The molecule has 0 bridgehead atoms. The number of nitro groups is 1. The van der Waals surface area contributed by atoms with Gasteiger partial charge in [-0.2, -0.15) is 0 Å². The lowest BCUT2D eigenvalue weighted by molar-refractivity contribution is -0.385. The Morgan fingerprint density at radius 2 is 2.21 bits per heavy atom. The van der Waals surface area contributed by atoms with Gasteiger partial charge in [-0.15, -0.1) is 0 Å². The second-order valence-corrected chi connectivity index (χ2v) is 5.46. The highest BCUT2D eigenvalue weighted by Gasteiger charge is 2.18. The first-order valence-electron chi connectivity index (χ1n) is 6.31. The maximum Gasteiger partial charge on any atom is 0.277 e. The lowest BCUT2D eigenvalue weighted by atomic mass is 9.88. The zero-order valence-corrected chi connectivity index (χ0v) is 11.6. The lowest BCUT2D eigenvalue weighted by Gasteiger charge is -2.24. The average Bonchev–Trinajstić information content (AvgIpc) is 2.35. The number of anilines is 1. The minimum absolute atomic E-state index is 0.00404. The van der Waals surface area contributed by atoms with Crippen LogP contribution in [0.25, 0.3) is 0 Å². The zero-order valence-electron chi connectivity index (χ0n) is 11.6. The van der Waals surface area contributed by atoms with Crippen molar-refractivity contribution in [3.8, 4) is 0 Å². The van der Waals surface area contributed by atoms with Crippen LogP contribution in [0.5, 0.6) is 0 Å². The Morgan fingerprint density at radius 1 is 1.53 bits per heavy atom. The Labute approximate surface area is 113 Å². The van der Waals surface area contributed by atoms with Crippen LogP contribution in [0.4, 0.5) is 11.5 Å². The van der Waals surface area contributed by atoms with E-state index in [-0.39, 0.29) is 17.7 Å². The molecule has 1 rings (SSSR count). The van der Waals surface area contributed by atoms with Crippen LogP contribution in [0, 0.1) is 22.5 Å². The Hall–Kier alpha value is -1.69. The molecular weight excluding hydrogens is 246 g/mol. The average molecular weight is 267 g/mol. The van der Waals surface area contributed by atoms with Crippen molar-refractivity contribution < 1.29 is 10.0 Å². The molecule has 0 aromatic carbocycles. The lowest BCUT2D eigenvalue weighted by Crippen LogP contribution is -2.23. The van der Waals surface area contributed by atoms with E-state index in [1.807, 2.05) is 0 Å². The van der Waals surface area contributed by atoms with Crippen molar-refractivity contribution >= 4 is 11.5 Å². The van der Waals surface area contributed by atoms with Crippen LogP contribution >= 0.6 is 0 Å². The third-order valence-electron chi connectivity index (χ3n) is 3.03. The number of hydrogen-bond donors (Lipinski definition) is 2. The monoisotopic (exact) mass is 267 g/mol. The molecule has 6 heteroatoms. The molecular formula is C13H21N3O3. The molecule has 0 spiro atoms. The minimum Gasteiger partial charge on any atom is -0.396 e. The minimum atomic E-state index is -0.404. The molecule has 19 heavy (non-hydrogen) atoms. The third kappa shape index (κ3) is 4.82. The second kappa shape index (κ2) is 6.47. The topological polar surface area (TPSA) is 88.3 Å². The molecule has 1 aromatic heterocycles.